The van der Waals surface area contributed by atoms with Gasteiger partial charge in [0.25, 0.3) is 5.91 Å². The monoisotopic (exact) mass is 380 g/mol. The summed E-state index contributed by atoms with van der Waals surface area (Å²) in [5.74, 6) is -1.12. The van der Waals surface area contributed by atoms with Gasteiger partial charge in [-0.2, -0.15) is 0 Å². The first-order valence-electron chi connectivity index (χ1n) is 8.37. The molecule has 2 aromatic carbocycles. The van der Waals surface area contributed by atoms with Crippen molar-refractivity contribution in [2.75, 3.05) is 17.7 Å². The second kappa shape index (κ2) is 8.72. The number of esters is 1. The highest BCUT2D eigenvalue weighted by atomic mass is 19.1. The number of carbonyl (C=O) groups is 2. The Morgan fingerprint density at radius 3 is 2.57 bits per heavy atom. The average Bonchev–Trinajstić information content (AvgIpc) is 2.73. The van der Waals surface area contributed by atoms with E-state index in [1.165, 1.54) is 31.5 Å². The van der Waals surface area contributed by atoms with Crippen molar-refractivity contribution in [3.05, 3.63) is 83.4 Å². The largest absolute Gasteiger partial charge is 0.465 e. The lowest BCUT2D eigenvalue weighted by molar-refractivity contribution is 0.0602. The van der Waals surface area contributed by atoms with E-state index in [1.54, 1.807) is 36.4 Å². The number of para-hydroxylation sites is 1. The van der Waals surface area contributed by atoms with Crippen LogP contribution in [0.3, 0.4) is 0 Å². The number of aromatic nitrogens is 2. The molecule has 3 rings (SSSR count). The first kappa shape index (κ1) is 19.0. The lowest BCUT2D eigenvalue weighted by Gasteiger charge is -2.10. The van der Waals surface area contributed by atoms with E-state index in [1.807, 2.05) is 0 Å². The summed E-state index contributed by atoms with van der Waals surface area (Å²) in [6.45, 7) is 0.372. The van der Waals surface area contributed by atoms with Crippen LogP contribution in [0.2, 0.25) is 0 Å². The summed E-state index contributed by atoms with van der Waals surface area (Å²) in [6.07, 6.45) is 1.45. The average molecular weight is 380 g/mol. The van der Waals surface area contributed by atoms with Gasteiger partial charge in [0, 0.05) is 12.7 Å². The lowest BCUT2D eigenvalue weighted by atomic mass is 10.1. The van der Waals surface area contributed by atoms with Crippen LogP contribution in [-0.2, 0) is 11.3 Å². The van der Waals surface area contributed by atoms with E-state index in [-0.39, 0.29) is 23.0 Å². The van der Waals surface area contributed by atoms with E-state index in [0.717, 1.165) is 5.56 Å². The van der Waals surface area contributed by atoms with Crippen LogP contribution in [0.1, 0.15) is 26.4 Å². The van der Waals surface area contributed by atoms with Crippen molar-refractivity contribution in [1.82, 2.24) is 9.97 Å². The summed E-state index contributed by atoms with van der Waals surface area (Å²) >= 11 is 0. The van der Waals surface area contributed by atoms with Gasteiger partial charge in [0.1, 0.15) is 11.5 Å². The molecule has 8 heteroatoms. The highest BCUT2D eigenvalue weighted by molar-refractivity contribution is 6.07. The van der Waals surface area contributed by atoms with Crippen LogP contribution in [0.25, 0.3) is 0 Å². The maximum absolute atomic E-state index is 13.0. The molecule has 0 saturated carbocycles. The molecule has 142 valence electrons. The van der Waals surface area contributed by atoms with Crippen molar-refractivity contribution in [2.45, 2.75) is 6.54 Å². The molecular weight excluding hydrogens is 363 g/mol. The number of methoxy groups -OCH3 is 1. The van der Waals surface area contributed by atoms with Gasteiger partial charge in [-0.15, -0.1) is 0 Å². The zero-order valence-electron chi connectivity index (χ0n) is 15.0. The fourth-order valence-electron chi connectivity index (χ4n) is 2.42. The van der Waals surface area contributed by atoms with E-state index in [4.69, 9.17) is 4.74 Å². The Morgan fingerprint density at radius 1 is 1.07 bits per heavy atom. The zero-order valence-corrected chi connectivity index (χ0v) is 15.0. The first-order chi connectivity index (χ1) is 13.6. The number of benzene rings is 2. The number of hydrogen-bond donors (Lipinski definition) is 2. The van der Waals surface area contributed by atoms with Gasteiger partial charge in [-0.05, 0) is 35.9 Å². The number of halogens is 1. The quantitative estimate of drug-likeness (QED) is 0.638. The topological polar surface area (TPSA) is 93.2 Å². The van der Waals surface area contributed by atoms with Crippen molar-refractivity contribution in [3.8, 4) is 0 Å². The molecule has 2 N–H and O–H groups in total. The molecule has 0 unspecified atom stereocenters. The first-order valence-corrected chi connectivity index (χ1v) is 8.37. The number of carbonyl (C=O) groups excluding carboxylic acids is 2. The third kappa shape index (κ3) is 4.67. The summed E-state index contributed by atoms with van der Waals surface area (Å²) in [4.78, 5) is 32.6. The Kier molecular flexibility index (Phi) is 5.91. The molecule has 28 heavy (non-hydrogen) atoms. The number of anilines is 2. The molecule has 0 fully saturated rings. The molecular formula is C20H17FN4O3. The maximum Gasteiger partial charge on any atom is 0.339 e. The zero-order chi connectivity index (χ0) is 19.9. The smallest absolute Gasteiger partial charge is 0.339 e. The van der Waals surface area contributed by atoms with E-state index < -0.39 is 11.9 Å². The normalized spacial score (nSPS) is 10.2. The maximum atomic E-state index is 13.0. The van der Waals surface area contributed by atoms with E-state index in [9.17, 15) is 14.0 Å². The lowest BCUT2D eigenvalue weighted by Crippen LogP contribution is -2.17. The second-order valence-electron chi connectivity index (χ2n) is 5.74. The Hall–Kier alpha value is -3.81. The van der Waals surface area contributed by atoms with Crippen molar-refractivity contribution in [2.24, 2.45) is 0 Å². The van der Waals surface area contributed by atoms with E-state index in [0.29, 0.717) is 12.2 Å². The van der Waals surface area contributed by atoms with Crippen molar-refractivity contribution in [1.29, 1.82) is 0 Å². The van der Waals surface area contributed by atoms with Crippen LogP contribution in [-0.4, -0.2) is 29.0 Å². The molecule has 1 aromatic heterocycles. The molecule has 0 aliphatic rings. The summed E-state index contributed by atoms with van der Waals surface area (Å²) in [5, 5.41) is 5.63. The Morgan fingerprint density at radius 2 is 1.82 bits per heavy atom. The van der Waals surface area contributed by atoms with E-state index in [2.05, 4.69) is 20.6 Å². The fourth-order valence-corrected chi connectivity index (χ4v) is 2.42. The Bertz CT molecular complexity index is 993. The van der Waals surface area contributed by atoms with Crippen molar-refractivity contribution < 1.29 is 18.7 Å². The number of hydrogen-bond acceptors (Lipinski definition) is 6. The molecule has 0 aliphatic carbocycles. The summed E-state index contributed by atoms with van der Waals surface area (Å²) < 4.78 is 17.7. The van der Waals surface area contributed by atoms with Crippen molar-refractivity contribution >= 4 is 23.5 Å². The number of amides is 1. The van der Waals surface area contributed by atoms with Crippen LogP contribution in [0.15, 0.2) is 60.8 Å². The van der Waals surface area contributed by atoms with Gasteiger partial charge in [-0.1, -0.05) is 24.3 Å². The van der Waals surface area contributed by atoms with Gasteiger partial charge in [-0.25, -0.2) is 19.2 Å². The third-order valence-electron chi connectivity index (χ3n) is 3.83. The third-order valence-corrected chi connectivity index (χ3v) is 3.83. The Labute approximate surface area is 160 Å². The highest BCUT2D eigenvalue weighted by Gasteiger charge is 2.15. The minimum Gasteiger partial charge on any atom is -0.465 e. The molecule has 1 amide bonds. The molecule has 0 radical (unpaired) electrons. The number of nitrogens with one attached hydrogen (secondary N) is 2. The molecule has 0 saturated heterocycles. The van der Waals surface area contributed by atoms with E-state index >= 15 is 0 Å². The molecule has 0 aliphatic heterocycles. The summed E-state index contributed by atoms with van der Waals surface area (Å²) in [5.41, 5.74) is 1.52. The van der Waals surface area contributed by atoms with Crippen LogP contribution in [0.5, 0.6) is 0 Å². The predicted octanol–water partition coefficient (Wildman–Crippen LogP) is 3.27. The van der Waals surface area contributed by atoms with Gasteiger partial charge in [0.2, 0.25) is 5.95 Å². The van der Waals surface area contributed by atoms with Crippen LogP contribution < -0.4 is 10.6 Å². The van der Waals surface area contributed by atoms with Gasteiger partial charge in [0.15, 0.2) is 0 Å². The molecule has 3 aromatic rings. The summed E-state index contributed by atoms with van der Waals surface area (Å²) in [7, 11) is 1.27. The number of nitrogens with zero attached hydrogens (tertiary/aromatic N) is 2. The van der Waals surface area contributed by atoms with Crippen LogP contribution >= 0.6 is 0 Å². The summed E-state index contributed by atoms with van der Waals surface area (Å²) in [6, 6.07) is 14.0. The molecule has 7 nitrogen and oxygen atoms in total. The predicted molar refractivity (Wildman–Crippen MR) is 101 cm³/mol. The molecule has 0 bridgehead atoms. The van der Waals surface area contributed by atoms with Gasteiger partial charge < -0.3 is 15.4 Å². The van der Waals surface area contributed by atoms with Gasteiger partial charge in [-0.3, -0.25) is 4.79 Å². The molecule has 0 atom stereocenters. The van der Waals surface area contributed by atoms with Crippen LogP contribution in [0.4, 0.5) is 16.0 Å². The minimum absolute atomic E-state index is 0.122. The van der Waals surface area contributed by atoms with Crippen LogP contribution in [0, 0.1) is 5.82 Å². The Balaban J connectivity index is 1.70. The molecule has 0 spiro atoms. The number of ether oxygens (including phenoxy) is 1. The second-order valence-corrected chi connectivity index (χ2v) is 5.74. The fraction of sp³-hybridized carbons (Fsp3) is 0.100. The standard InChI is InChI=1S/C20H17FN4O3/c1-28-19(27)15-4-2-3-5-16(15)24-18(26)17-10-11-22-20(25-17)23-12-13-6-8-14(21)9-7-13/h2-11H,12H2,1H3,(H,24,26)(H,22,23,25). The van der Waals surface area contributed by atoms with Gasteiger partial charge >= 0.3 is 5.97 Å². The highest BCUT2D eigenvalue weighted by Crippen LogP contribution is 2.17. The van der Waals surface area contributed by atoms with Crippen molar-refractivity contribution in [3.63, 3.8) is 0 Å². The minimum atomic E-state index is -0.555. The SMILES string of the molecule is COC(=O)c1ccccc1NC(=O)c1ccnc(NCc2ccc(F)cc2)n1. The van der Waals surface area contributed by atoms with Gasteiger partial charge in [0.05, 0.1) is 18.4 Å². The molecule has 1 heterocycles. The number of rotatable bonds is 6.